The van der Waals surface area contributed by atoms with Crippen molar-refractivity contribution in [1.82, 2.24) is 20.3 Å². The lowest BCUT2D eigenvalue weighted by molar-refractivity contribution is 0.0196. The molecule has 0 amide bonds. The summed E-state index contributed by atoms with van der Waals surface area (Å²) in [5.41, 5.74) is 6.69. The van der Waals surface area contributed by atoms with Crippen molar-refractivity contribution in [2.24, 2.45) is 0 Å². The molecule has 9 nitrogen and oxygen atoms in total. The number of nitrogens with one attached hydrogen (secondary N) is 2. The molecule has 0 spiro atoms. The fourth-order valence-electron chi connectivity index (χ4n) is 2.56. The molecule has 2 aromatic rings. The van der Waals surface area contributed by atoms with Crippen LogP contribution in [0.3, 0.4) is 0 Å². The number of aromatic nitrogens is 3. The van der Waals surface area contributed by atoms with Gasteiger partial charge < -0.3 is 36.5 Å². The molecular weight excluding hydrogens is 266 g/mol. The molecule has 20 heavy (non-hydrogen) atoms. The van der Waals surface area contributed by atoms with Gasteiger partial charge in [-0.25, -0.2) is 4.98 Å². The Morgan fingerprint density at radius 3 is 2.65 bits per heavy atom. The number of rotatable bonds is 2. The minimum absolute atomic E-state index is 0.0948. The smallest absolute Gasteiger partial charge is 0.240 e. The van der Waals surface area contributed by atoms with Gasteiger partial charge in [0.15, 0.2) is 0 Å². The number of nitrogens with two attached hydrogens (primary N) is 1. The van der Waals surface area contributed by atoms with Crippen LogP contribution in [-0.4, -0.2) is 60.2 Å². The summed E-state index contributed by atoms with van der Waals surface area (Å²) in [4.78, 5) is 10.5. The highest BCUT2D eigenvalue weighted by Crippen LogP contribution is 2.33. The van der Waals surface area contributed by atoms with Crippen LogP contribution in [0.5, 0.6) is 5.88 Å². The zero-order valence-electron chi connectivity index (χ0n) is 10.4. The first-order valence-electron chi connectivity index (χ1n) is 6.09. The van der Waals surface area contributed by atoms with Gasteiger partial charge in [-0.15, -0.1) is 0 Å². The first-order chi connectivity index (χ1) is 9.52. The van der Waals surface area contributed by atoms with Crippen LogP contribution in [0.1, 0.15) is 11.6 Å². The van der Waals surface area contributed by atoms with Crippen molar-refractivity contribution in [3.8, 4) is 5.88 Å². The summed E-state index contributed by atoms with van der Waals surface area (Å²) in [5, 5.41) is 41.6. The lowest BCUT2D eigenvalue weighted by Crippen LogP contribution is -2.35. The maximum absolute atomic E-state index is 10.1. The molecule has 1 aliphatic rings. The number of nitrogen functional groups attached to an aromatic ring is 1. The van der Waals surface area contributed by atoms with Crippen LogP contribution in [0.4, 0.5) is 5.95 Å². The minimum atomic E-state index is -1.11. The van der Waals surface area contributed by atoms with Crippen molar-refractivity contribution in [2.45, 2.75) is 24.3 Å². The number of nitrogens with zero attached hydrogens (tertiary/aromatic N) is 2. The van der Waals surface area contributed by atoms with Crippen molar-refractivity contribution in [3.05, 3.63) is 11.8 Å². The molecule has 1 saturated heterocycles. The van der Waals surface area contributed by atoms with Crippen LogP contribution in [0.2, 0.25) is 0 Å². The normalized spacial score (nSPS) is 30.1. The standard InChI is InChI=1S/C11H15N5O4/c12-11-15-5-3(1-13-7(5)10(20)16-11)6-9(19)8(18)4(2-17)14-6/h1,4,6,8-9,13-14,17-19H,2H2,(H3,12,15,16,20). The van der Waals surface area contributed by atoms with E-state index in [2.05, 4.69) is 20.3 Å². The van der Waals surface area contributed by atoms with Crippen LogP contribution in [0.15, 0.2) is 6.20 Å². The summed E-state index contributed by atoms with van der Waals surface area (Å²) < 4.78 is 0. The van der Waals surface area contributed by atoms with E-state index >= 15 is 0 Å². The lowest BCUT2D eigenvalue weighted by atomic mass is 10.0. The van der Waals surface area contributed by atoms with E-state index in [0.29, 0.717) is 16.6 Å². The maximum atomic E-state index is 10.1. The van der Waals surface area contributed by atoms with Crippen molar-refractivity contribution in [3.63, 3.8) is 0 Å². The van der Waals surface area contributed by atoms with Crippen molar-refractivity contribution in [1.29, 1.82) is 0 Å². The Hall–Kier alpha value is -1.94. The molecule has 0 aromatic carbocycles. The topological polar surface area (TPSA) is 161 Å². The number of anilines is 1. The van der Waals surface area contributed by atoms with Gasteiger partial charge in [0.25, 0.3) is 0 Å². The lowest BCUT2D eigenvalue weighted by Gasteiger charge is -2.14. The molecule has 108 valence electrons. The van der Waals surface area contributed by atoms with Crippen LogP contribution in [0, 0.1) is 0 Å². The SMILES string of the molecule is Nc1nc(O)c2[nH]cc(C3NC(CO)C(O)C3O)c2n1. The molecule has 0 saturated carbocycles. The molecule has 4 unspecified atom stereocenters. The summed E-state index contributed by atoms with van der Waals surface area (Å²) in [6.45, 7) is -0.306. The summed E-state index contributed by atoms with van der Waals surface area (Å²) in [7, 11) is 0. The summed E-state index contributed by atoms with van der Waals surface area (Å²) >= 11 is 0. The molecule has 3 heterocycles. The van der Waals surface area contributed by atoms with Crippen LogP contribution in [-0.2, 0) is 0 Å². The van der Waals surface area contributed by atoms with E-state index in [1.165, 1.54) is 0 Å². The molecule has 8 N–H and O–H groups in total. The Morgan fingerprint density at radius 2 is 2.00 bits per heavy atom. The van der Waals surface area contributed by atoms with Crippen LogP contribution < -0.4 is 11.1 Å². The van der Waals surface area contributed by atoms with E-state index in [1.54, 1.807) is 6.20 Å². The van der Waals surface area contributed by atoms with Crippen molar-refractivity contribution >= 4 is 17.0 Å². The molecular formula is C11H15N5O4. The van der Waals surface area contributed by atoms with Gasteiger partial charge in [-0.3, -0.25) is 0 Å². The van der Waals surface area contributed by atoms with Gasteiger partial charge in [-0.2, -0.15) is 4.98 Å². The van der Waals surface area contributed by atoms with Gasteiger partial charge in [0.05, 0.1) is 24.8 Å². The van der Waals surface area contributed by atoms with E-state index in [4.69, 9.17) is 10.8 Å². The third kappa shape index (κ3) is 1.79. The third-order valence-corrected chi connectivity index (χ3v) is 3.58. The van der Waals surface area contributed by atoms with Crippen molar-refractivity contribution < 1.29 is 20.4 Å². The Morgan fingerprint density at radius 1 is 1.25 bits per heavy atom. The summed E-state index contributed by atoms with van der Waals surface area (Å²) in [5.74, 6) is -0.381. The Bertz CT molecular complexity index is 645. The van der Waals surface area contributed by atoms with Gasteiger partial charge >= 0.3 is 0 Å². The van der Waals surface area contributed by atoms with E-state index in [9.17, 15) is 15.3 Å². The average molecular weight is 281 g/mol. The Balaban J connectivity index is 2.07. The predicted molar refractivity (Wildman–Crippen MR) is 68.7 cm³/mol. The quantitative estimate of drug-likeness (QED) is 0.332. The maximum Gasteiger partial charge on any atom is 0.240 e. The monoisotopic (exact) mass is 281 g/mol. The molecule has 0 aliphatic carbocycles. The number of hydrogen-bond acceptors (Lipinski definition) is 8. The van der Waals surface area contributed by atoms with Gasteiger partial charge in [-0.05, 0) is 0 Å². The minimum Gasteiger partial charge on any atom is -0.492 e. The second kappa shape index (κ2) is 4.56. The fourth-order valence-corrected chi connectivity index (χ4v) is 2.56. The number of aliphatic hydroxyl groups excluding tert-OH is 3. The summed E-state index contributed by atoms with van der Waals surface area (Å²) in [6, 6.07) is -1.27. The van der Waals surface area contributed by atoms with Crippen molar-refractivity contribution in [2.75, 3.05) is 12.3 Å². The number of aromatic hydroxyl groups is 1. The van der Waals surface area contributed by atoms with Crippen LogP contribution >= 0.6 is 0 Å². The number of H-pyrrole nitrogens is 1. The van der Waals surface area contributed by atoms with E-state index in [-0.39, 0.29) is 18.4 Å². The molecule has 4 atom stereocenters. The summed E-state index contributed by atoms with van der Waals surface area (Å²) in [6.07, 6.45) is -0.654. The number of hydrogen-bond donors (Lipinski definition) is 7. The number of fused-ring (bicyclic) bond motifs is 1. The zero-order chi connectivity index (χ0) is 14.4. The van der Waals surface area contributed by atoms with Crippen LogP contribution in [0.25, 0.3) is 11.0 Å². The highest BCUT2D eigenvalue weighted by Gasteiger charge is 2.42. The molecule has 0 radical (unpaired) electrons. The van der Waals surface area contributed by atoms with Gasteiger partial charge in [0.2, 0.25) is 11.8 Å². The zero-order valence-corrected chi connectivity index (χ0v) is 10.4. The molecule has 1 aliphatic heterocycles. The highest BCUT2D eigenvalue weighted by atomic mass is 16.3. The first-order valence-corrected chi connectivity index (χ1v) is 6.09. The van der Waals surface area contributed by atoms with Gasteiger partial charge in [0, 0.05) is 11.8 Å². The molecule has 0 bridgehead atoms. The molecule has 1 fully saturated rings. The van der Waals surface area contributed by atoms with E-state index < -0.39 is 24.3 Å². The highest BCUT2D eigenvalue weighted by molar-refractivity contribution is 5.84. The largest absolute Gasteiger partial charge is 0.492 e. The van der Waals surface area contributed by atoms with E-state index in [0.717, 1.165) is 0 Å². The Labute approximate surface area is 113 Å². The molecule has 2 aromatic heterocycles. The second-order valence-corrected chi connectivity index (χ2v) is 4.79. The second-order valence-electron chi connectivity index (χ2n) is 4.79. The molecule has 9 heteroatoms. The van der Waals surface area contributed by atoms with Gasteiger partial charge in [0.1, 0.15) is 17.1 Å². The Kier molecular flexibility index (Phi) is 2.98. The fraction of sp³-hybridized carbons (Fsp3) is 0.455. The third-order valence-electron chi connectivity index (χ3n) is 3.58. The molecule has 3 rings (SSSR count). The predicted octanol–water partition coefficient (Wildman–Crippen LogP) is -2.03. The van der Waals surface area contributed by atoms with Gasteiger partial charge in [-0.1, -0.05) is 0 Å². The average Bonchev–Trinajstić information content (AvgIpc) is 2.93. The number of aromatic amines is 1. The number of aliphatic hydroxyl groups is 3. The first kappa shape index (κ1) is 13.1. The van der Waals surface area contributed by atoms with E-state index in [1.807, 2.05) is 0 Å².